The summed E-state index contributed by atoms with van der Waals surface area (Å²) in [4.78, 5) is 26.1. The van der Waals surface area contributed by atoms with Crippen LogP contribution in [0.3, 0.4) is 0 Å². The van der Waals surface area contributed by atoms with Crippen molar-refractivity contribution in [1.82, 2.24) is 14.7 Å². The van der Waals surface area contributed by atoms with Gasteiger partial charge in [-0.05, 0) is 37.8 Å². The average Bonchev–Trinajstić information content (AvgIpc) is 3.08. The first-order chi connectivity index (χ1) is 11.0. The Morgan fingerprint density at radius 3 is 2.83 bits per heavy atom. The van der Waals surface area contributed by atoms with Crippen LogP contribution >= 0.6 is 0 Å². The Morgan fingerprint density at radius 2 is 2.13 bits per heavy atom. The number of likely N-dealkylation sites (tertiary alicyclic amines) is 1. The fraction of sp³-hybridized carbons (Fsp3) is 0.471. The van der Waals surface area contributed by atoms with Gasteiger partial charge in [0.2, 0.25) is 11.8 Å². The molecule has 0 N–H and O–H groups in total. The molecule has 1 amide bonds. The molecule has 1 unspecified atom stereocenters. The lowest BCUT2D eigenvalue weighted by Crippen LogP contribution is -2.36. The Balaban J connectivity index is 1.83. The Hall–Kier alpha value is -2.37. The minimum atomic E-state index is -0.585. The monoisotopic (exact) mass is 315 g/mol. The highest BCUT2D eigenvalue weighted by atomic mass is 16.4. The quantitative estimate of drug-likeness (QED) is 0.870. The number of aromatic nitrogens is 2. The lowest BCUT2D eigenvalue weighted by molar-refractivity contribution is -0.133. The second-order valence-corrected chi connectivity index (χ2v) is 6.15. The van der Waals surface area contributed by atoms with Crippen molar-refractivity contribution >= 4 is 5.91 Å². The van der Waals surface area contributed by atoms with Gasteiger partial charge in [-0.25, -0.2) is 4.79 Å². The zero-order valence-electron chi connectivity index (χ0n) is 13.7. The van der Waals surface area contributed by atoms with Crippen molar-refractivity contribution < 1.29 is 9.21 Å². The summed E-state index contributed by atoms with van der Waals surface area (Å²) in [7, 11) is 0. The molecule has 1 atom stereocenters. The van der Waals surface area contributed by atoms with E-state index in [9.17, 15) is 9.59 Å². The number of carbonyl (C=O) groups is 1. The zero-order chi connectivity index (χ0) is 16.6. The number of benzene rings is 1. The third-order valence-corrected chi connectivity index (χ3v) is 4.36. The summed E-state index contributed by atoms with van der Waals surface area (Å²) in [6.45, 7) is 6.36. The molecular weight excluding hydrogens is 294 g/mol. The summed E-state index contributed by atoms with van der Waals surface area (Å²) in [5.74, 6) is -0.405. The second-order valence-electron chi connectivity index (χ2n) is 6.15. The molecule has 1 aromatic carbocycles. The summed E-state index contributed by atoms with van der Waals surface area (Å²) in [5, 5.41) is 3.94. The molecule has 0 bridgehead atoms. The lowest BCUT2D eigenvalue weighted by Gasteiger charge is -2.26. The van der Waals surface area contributed by atoms with E-state index in [1.54, 1.807) is 6.92 Å². The predicted octanol–water partition coefficient (Wildman–Crippen LogP) is 2.13. The predicted molar refractivity (Wildman–Crippen MR) is 85.1 cm³/mol. The van der Waals surface area contributed by atoms with E-state index in [1.165, 1.54) is 16.7 Å². The van der Waals surface area contributed by atoms with E-state index < -0.39 is 5.76 Å². The number of carbonyl (C=O) groups excluding carboxylic acids is 1. The molecule has 0 radical (unpaired) electrons. The topological polar surface area (TPSA) is 68.3 Å². The number of nitrogens with zero attached hydrogens (tertiary/aromatic N) is 3. The van der Waals surface area contributed by atoms with Crippen LogP contribution in [0.5, 0.6) is 0 Å². The third-order valence-electron chi connectivity index (χ3n) is 4.36. The zero-order valence-corrected chi connectivity index (χ0v) is 13.7. The first-order valence-electron chi connectivity index (χ1n) is 7.87. The van der Waals surface area contributed by atoms with Gasteiger partial charge in [0.1, 0.15) is 6.54 Å². The van der Waals surface area contributed by atoms with Crippen LogP contribution in [0.15, 0.2) is 27.4 Å². The molecule has 6 nitrogen and oxygen atoms in total. The SMILES string of the molecule is Cc1ccc(C)c(C2CCCN2C(=O)Cn2nc(C)oc2=O)c1. The normalized spacial score (nSPS) is 17.7. The van der Waals surface area contributed by atoms with Crippen molar-refractivity contribution in [3.63, 3.8) is 0 Å². The van der Waals surface area contributed by atoms with Gasteiger partial charge >= 0.3 is 5.76 Å². The number of hydrogen-bond acceptors (Lipinski definition) is 4. The molecule has 122 valence electrons. The van der Waals surface area contributed by atoms with Crippen molar-refractivity contribution in [3.05, 3.63) is 51.3 Å². The van der Waals surface area contributed by atoms with E-state index >= 15 is 0 Å². The smallest absolute Gasteiger partial charge is 0.393 e. The van der Waals surface area contributed by atoms with Gasteiger partial charge in [0.25, 0.3) is 0 Å². The molecule has 1 aliphatic heterocycles. The maximum Gasteiger partial charge on any atom is 0.437 e. The molecule has 3 rings (SSSR count). The molecule has 1 fully saturated rings. The van der Waals surface area contributed by atoms with Crippen LogP contribution in [0.4, 0.5) is 0 Å². The molecule has 0 spiro atoms. The summed E-state index contributed by atoms with van der Waals surface area (Å²) in [6.07, 6.45) is 1.92. The maximum absolute atomic E-state index is 12.6. The van der Waals surface area contributed by atoms with E-state index in [2.05, 4.69) is 37.1 Å². The number of hydrogen-bond donors (Lipinski definition) is 0. The third kappa shape index (κ3) is 3.06. The highest BCUT2D eigenvalue weighted by molar-refractivity contribution is 5.76. The van der Waals surface area contributed by atoms with Crippen molar-refractivity contribution in [1.29, 1.82) is 0 Å². The fourth-order valence-electron chi connectivity index (χ4n) is 3.24. The minimum absolute atomic E-state index is 0.0719. The Bertz CT molecular complexity index is 791. The van der Waals surface area contributed by atoms with Crippen LogP contribution in [0.1, 0.15) is 41.5 Å². The van der Waals surface area contributed by atoms with Crippen molar-refractivity contribution in [2.24, 2.45) is 0 Å². The second kappa shape index (κ2) is 6.02. The summed E-state index contributed by atoms with van der Waals surface area (Å²) < 4.78 is 5.94. The number of aryl methyl sites for hydroxylation is 3. The van der Waals surface area contributed by atoms with Gasteiger partial charge in [-0.1, -0.05) is 23.8 Å². The lowest BCUT2D eigenvalue weighted by atomic mass is 9.97. The summed E-state index contributed by atoms with van der Waals surface area (Å²) in [5.41, 5.74) is 3.57. The van der Waals surface area contributed by atoms with Gasteiger partial charge in [-0.3, -0.25) is 4.79 Å². The molecule has 0 saturated carbocycles. The standard InChI is InChI=1S/C17H21N3O3/c1-11-6-7-12(2)14(9-11)15-5-4-8-19(15)16(21)10-20-17(22)23-13(3)18-20/h6-7,9,15H,4-5,8,10H2,1-3H3. The molecule has 2 aromatic rings. The maximum atomic E-state index is 12.6. The van der Waals surface area contributed by atoms with Crippen molar-refractivity contribution in [2.75, 3.05) is 6.54 Å². The van der Waals surface area contributed by atoms with Gasteiger partial charge in [-0.2, -0.15) is 4.68 Å². The van der Waals surface area contributed by atoms with Crippen molar-refractivity contribution in [3.8, 4) is 0 Å². The highest BCUT2D eigenvalue weighted by Gasteiger charge is 2.31. The van der Waals surface area contributed by atoms with Crippen LogP contribution in [0, 0.1) is 20.8 Å². The van der Waals surface area contributed by atoms with Crippen LogP contribution in [-0.4, -0.2) is 27.1 Å². The number of amides is 1. The molecule has 23 heavy (non-hydrogen) atoms. The highest BCUT2D eigenvalue weighted by Crippen LogP contribution is 2.34. The fourth-order valence-corrected chi connectivity index (χ4v) is 3.24. The molecule has 6 heteroatoms. The van der Waals surface area contributed by atoms with Crippen LogP contribution in [0.25, 0.3) is 0 Å². The van der Waals surface area contributed by atoms with Crippen LogP contribution < -0.4 is 5.76 Å². The molecule has 2 heterocycles. The van der Waals surface area contributed by atoms with E-state index in [-0.39, 0.29) is 24.4 Å². The van der Waals surface area contributed by atoms with Gasteiger partial charge in [0, 0.05) is 13.5 Å². The van der Waals surface area contributed by atoms with Crippen LogP contribution in [0.2, 0.25) is 0 Å². The Labute approximate surface area is 134 Å². The summed E-state index contributed by atoms with van der Waals surface area (Å²) in [6, 6.07) is 6.40. The van der Waals surface area contributed by atoms with Gasteiger partial charge in [0.15, 0.2) is 0 Å². The van der Waals surface area contributed by atoms with E-state index in [4.69, 9.17) is 4.42 Å². The first kappa shape index (κ1) is 15.5. The average molecular weight is 315 g/mol. The molecule has 1 aromatic heterocycles. The number of rotatable bonds is 3. The Kier molecular flexibility index (Phi) is 4.07. The first-order valence-corrected chi connectivity index (χ1v) is 7.87. The molecular formula is C17H21N3O3. The largest absolute Gasteiger partial charge is 0.437 e. The van der Waals surface area contributed by atoms with Gasteiger partial charge in [0.05, 0.1) is 6.04 Å². The molecule has 1 saturated heterocycles. The van der Waals surface area contributed by atoms with Gasteiger partial charge < -0.3 is 9.32 Å². The minimum Gasteiger partial charge on any atom is -0.393 e. The Morgan fingerprint density at radius 1 is 1.35 bits per heavy atom. The van der Waals surface area contributed by atoms with E-state index in [1.807, 2.05) is 4.90 Å². The van der Waals surface area contributed by atoms with Crippen LogP contribution in [-0.2, 0) is 11.3 Å². The van der Waals surface area contributed by atoms with Crippen molar-refractivity contribution in [2.45, 2.75) is 46.2 Å². The van der Waals surface area contributed by atoms with Gasteiger partial charge in [-0.15, -0.1) is 5.10 Å². The van der Waals surface area contributed by atoms with E-state index in [0.29, 0.717) is 6.54 Å². The van der Waals surface area contributed by atoms with E-state index in [0.717, 1.165) is 17.5 Å². The molecule has 0 aliphatic carbocycles. The summed E-state index contributed by atoms with van der Waals surface area (Å²) >= 11 is 0. The molecule has 1 aliphatic rings.